The van der Waals surface area contributed by atoms with E-state index in [4.69, 9.17) is 9.47 Å². The Morgan fingerprint density at radius 3 is 2.50 bits per heavy atom. The van der Waals surface area contributed by atoms with Gasteiger partial charge in [0.2, 0.25) is 5.60 Å². The molecule has 24 heavy (non-hydrogen) atoms. The SMILES string of the molecule is COc1ccccc1OC1(C(=O)O)CCN(CC[C@H](C)SC)CC1. The minimum absolute atomic E-state index is 0.480. The molecule has 1 N–H and O–H groups in total. The van der Waals surface area contributed by atoms with Crippen molar-refractivity contribution in [3.05, 3.63) is 24.3 Å². The fraction of sp³-hybridized carbons (Fsp3) is 0.611. The van der Waals surface area contributed by atoms with E-state index in [-0.39, 0.29) is 0 Å². The van der Waals surface area contributed by atoms with Gasteiger partial charge in [-0.3, -0.25) is 0 Å². The second-order valence-corrected chi connectivity index (χ2v) is 7.51. The Labute approximate surface area is 148 Å². The molecule has 1 aromatic carbocycles. The average Bonchev–Trinajstić information content (AvgIpc) is 2.61. The molecule has 0 unspecified atom stereocenters. The highest BCUT2D eigenvalue weighted by atomic mass is 32.2. The predicted octanol–water partition coefficient (Wildman–Crippen LogP) is 3.13. The molecule has 134 valence electrons. The number of likely N-dealkylation sites (tertiary alicyclic amines) is 1. The van der Waals surface area contributed by atoms with Crippen LogP contribution in [-0.4, -0.2) is 59.8 Å². The van der Waals surface area contributed by atoms with Crippen LogP contribution in [0.5, 0.6) is 11.5 Å². The molecule has 5 nitrogen and oxygen atoms in total. The summed E-state index contributed by atoms with van der Waals surface area (Å²) in [5.41, 5.74) is -1.17. The summed E-state index contributed by atoms with van der Waals surface area (Å²) in [6, 6.07) is 7.21. The minimum atomic E-state index is -1.17. The molecule has 0 saturated carbocycles. The number of carboxylic acid groups (broad SMARTS) is 1. The molecule has 1 atom stereocenters. The highest BCUT2D eigenvalue weighted by molar-refractivity contribution is 7.99. The van der Waals surface area contributed by atoms with E-state index in [0.717, 1.165) is 26.1 Å². The number of hydrogen-bond donors (Lipinski definition) is 1. The monoisotopic (exact) mass is 353 g/mol. The van der Waals surface area contributed by atoms with Gasteiger partial charge in [-0.2, -0.15) is 11.8 Å². The molecular formula is C18H27NO4S. The molecule has 6 heteroatoms. The van der Waals surface area contributed by atoms with Gasteiger partial charge in [-0.25, -0.2) is 4.79 Å². The van der Waals surface area contributed by atoms with Crippen LogP contribution in [0.4, 0.5) is 0 Å². The topological polar surface area (TPSA) is 59.0 Å². The van der Waals surface area contributed by atoms with E-state index < -0.39 is 11.6 Å². The summed E-state index contributed by atoms with van der Waals surface area (Å²) in [5.74, 6) is 0.159. The third-order valence-electron chi connectivity index (χ3n) is 4.68. The molecule has 1 fully saturated rings. The number of aliphatic carboxylic acids is 1. The van der Waals surface area contributed by atoms with Gasteiger partial charge in [0.25, 0.3) is 0 Å². The van der Waals surface area contributed by atoms with Gasteiger partial charge in [-0.05, 0) is 31.4 Å². The van der Waals surface area contributed by atoms with E-state index in [9.17, 15) is 9.90 Å². The zero-order chi connectivity index (χ0) is 17.6. The maximum Gasteiger partial charge on any atom is 0.348 e. The molecule has 1 aliphatic rings. The lowest BCUT2D eigenvalue weighted by molar-refractivity contribution is -0.159. The van der Waals surface area contributed by atoms with Gasteiger partial charge < -0.3 is 19.5 Å². The average molecular weight is 353 g/mol. The largest absolute Gasteiger partial charge is 0.493 e. The quantitative estimate of drug-likeness (QED) is 0.775. The molecule has 1 heterocycles. The van der Waals surface area contributed by atoms with Crippen molar-refractivity contribution in [3.8, 4) is 11.5 Å². The van der Waals surface area contributed by atoms with E-state index in [1.165, 1.54) is 0 Å². The zero-order valence-electron chi connectivity index (χ0n) is 14.7. The van der Waals surface area contributed by atoms with Crippen molar-refractivity contribution < 1.29 is 19.4 Å². The molecule has 1 saturated heterocycles. The maximum absolute atomic E-state index is 11.9. The van der Waals surface area contributed by atoms with Crippen molar-refractivity contribution in [2.75, 3.05) is 33.0 Å². The molecule has 0 aliphatic carbocycles. The number of piperidine rings is 1. The van der Waals surface area contributed by atoms with E-state index in [0.29, 0.717) is 29.6 Å². The van der Waals surface area contributed by atoms with Gasteiger partial charge >= 0.3 is 5.97 Å². The smallest absolute Gasteiger partial charge is 0.348 e. The van der Waals surface area contributed by atoms with Crippen LogP contribution in [0.3, 0.4) is 0 Å². The lowest BCUT2D eigenvalue weighted by Gasteiger charge is -2.39. The van der Waals surface area contributed by atoms with Crippen LogP contribution in [0.15, 0.2) is 24.3 Å². The lowest BCUT2D eigenvalue weighted by atomic mass is 9.91. The van der Waals surface area contributed by atoms with Crippen LogP contribution in [0.2, 0.25) is 0 Å². The van der Waals surface area contributed by atoms with Crippen LogP contribution in [0, 0.1) is 0 Å². The van der Waals surface area contributed by atoms with Gasteiger partial charge in [0.15, 0.2) is 11.5 Å². The summed E-state index contributed by atoms with van der Waals surface area (Å²) in [4.78, 5) is 14.2. The van der Waals surface area contributed by atoms with Crippen molar-refractivity contribution >= 4 is 17.7 Å². The van der Waals surface area contributed by atoms with Crippen molar-refractivity contribution in [2.45, 2.75) is 37.0 Å². The van der Waals surface area contributed by atoms with Crippen molar-refractivity contribution in [1.82, 2.24) is 4.90 Å². The Hall–Kier alpha value is -1.40. The number of carbonyl (C=O) groups is 1. The normalized spacial score (nSPS) is 18.8. The molecule has 0 amide bonds. The maximum atomic E-state index is 11.9. The minimum Gasteiger partial charge on any atom is -0.493 e. The zero-order valence-corrected chi connectivity index (χ0v) is 15.5. The number of hydrogen-bond acceptors (Lipinski definition) is 5. The third-order valence-corrected chi connectivity index (χ3v) is 5.72. The Morgan fingerprint density at radius 2 is 1.96 bits per heavy atom. The summed E-state index contributed by atoms with van der Waals surface area (Å²) in [7, 11) is 1.56. The standard InChI is InChI=1S/C18H27NO4S/c1-14(24-3)8-11-19-12-9-18(10-13-19,17(20)21)23-16-7-5-4-6-15(16)22-2/h4-7,14H,8-13H2,1-3H3,(H,20,21)/t14-/m0/s1. The number of rotatable bonds is 8. The van der Waals surface area contributed by atoms with E-state index in [1.54, 1.807) is 19.2 Å². The van der Waals surface area contributed by atoms with Crippen molar-refractivity contribution in [3.63, 3.8) is 0 Å². The summed E-state index contributed by atoms with van der Waals surface area (Å²) in [5, 5.41) is 10.4. The highest BCUT2D eigenvalue weighted by Crippen LogP contribution is 2.34. The predicted molar refractivity (Wildman–Crippen MR) is 97.3 cm³/mol. The first-order valence-corrected chi connectivity index (χ1v) is 9.60. The van der Waals surface area contributed by atoms with Gasteiger partial charge in [0.05, 0.1) is 7.11 Å². The second kappa shape index (κ2) is 8.62. The van der Waals surface area contributed by atoms with E-state index in [2.05, 4.69) is 18.1 Å². The molecular weight excluding hydrogens is 326 g/mol. The number of ether oxygens (including phenoxy) is 2. The first kappa shape index (κ1) is 18.9. The molecule has 0 spiro atoms. The van der Waals surface area contributed by atoms with Crippen LogP contribution in [-0.2, 0) is 4.79 Å². The first-order chi connectivity index (χ1) is 11.5. The Morgan fingerprint density at radius 1 is 1.33 bits per heavy atom. The fourth-order valence-electron chi connectivity index (χ4n) is 2.89. The second-order valence-electron chi connectivity index (χ2n) is 6.23. The highest BCUT2D eigenvalue weighted by Gasteiger charge is 2.44. The van der Waals surface area contributed by atoms with Crippen LogP contribution >= 0.6 is 11.8 Å². The number of carboxylic acids is 1. The van der Waals surface area contributed by atoms with Crippen LogP contribution in [0.1, 0.15) is 26.2 Å². The Kier molecular flexibility index (Phi) is 6.80. The molecule has 0 aromatic heterocycles. The summed E-state index contributed by atoms with van der Waals surface area (Å²) >= 11 is 1.86. The van der Waals surface area contributed by atoms with Crippen molar-refractivity contribution in [2.24, 2.45) is 0 Å². The van der Waals surface area contributed by atoms with Crippen LogP contribution in [0.25, 0.3) is 0 Å². The number of methoxy groups -OCH3 is 1. The Bertz CT molecular complexity index is 544. The van der Waals surface area contributed by atoms with Crippen LogP contribution < -0.4 is 9.47 Å². The summed E-state index contributed by atoms with van der Waals surface area (Å²) < 4.78 is 11.2. The lowest BCUT2D eigenvalue weighted by Crippen LogP contribution is -2.53. The van der Waals surface area contributed by atoms with E-state index >= 15 is 0 Å². The molecule has 1 aliphatic heterocycles. The molecule has 0 radical (unpaired) electrons. The molecule has 0 bridgehead atoms. The summed E-state index contributed by atoms with van der Waals surface area (Å²) in [6.45, 7) is 4.71. The van der Waals surface area contributed by atoms with Gasteiger partial charge in [0.1, 0.15) is 0 Å². The van der Waals surface area contributed by atoms with Gasteiger partial charge in [-0.1, -0.05) is 19.1 Å². The summed E-state index contributed by atoms with van der Waals surface area (Å²) in [6.07, 6.45) is 4.20. The number of benzene rings is 1. The molecule has 1 aromatic rings. The molecule has 2 rings (SSSR count). The third kappa shape index (κ3) is 4.57. The van der Waals surface area contributed by atoms with Gasteiger partial charge in [-0.15, -0.1) is 0 Å². The number of nitrogens with zero attached hydrogens (tertiary/aromatic N) is 1. The first-order valence-electron chi connectivity index (χ1n) is 8.31. The van der Waals surface area contributed by atoms with Crippen molar-refractivity contribution in [1.29, 1.82) is 0 Å². The van der Waals surface area contributed by atoms with Gasteiger partial charge in [0, 0.05) is 31.2 Å². The fourth-order valence-corrected chi connectivity index (χ4v) is 3.23. The number of para-hydroxylation sites is 2. The van der Waals surface area contributed by atoms with E-state index in [1.807, 2.05) is 23.9 Å². The Balaban J connectivity index is 2.02. The number of thioether (sulfide) groups is 1.